The highest BCUT2D eigenvalue weighted by atomic mass is 19.4. The Balaban J connectivity index is 1.63. The van der Waals surface area contributed by atoms with Crippen LogP contribution in [0.15, 0.2) is 30.5 Å². The van der Waals surface area contributed by atoms with Crippen molar-refractivity contribution >= 4 is 17.5 Å². The Hall–Kier alpha value is -2.88. The summed E-state index contributed by atoms with van der Waals surface area (Å²) in [5, 5.41) is 6.93. The standard InChI is InChI=1S/C18H17F3N4O3/c1-10-7-24(13-4-2-11(3-5-13)18(19,20)21)17(27)15-14(6-22-25(10)15)16(26)23-12-8-28-9-12/h2-6,10,12H,7-9H2,1H3,(H,23,26). The molecule has 1 atom stereocenters. The summed E-state index contributed by atoms with van der Waals surface area (Å²) >= 11 is 0. The molecule has 1 aromatic carbocycles. The topological polar surface area (TPSA) is 76.5 Å². The zero-order valence-corrected chi connectivity index (χ0v) is 14.9. The highest BCUT2D eigenvalue weighted by molar-refractivity contribution is 6.12. The van der Waals surface area contributed by atoms with Gasteiger partial charge in [0.2, 0.25) is 0 Å². The molecule has 4 rings (SSSR count). The quantitative estimate of drug-likeness (QED) is 0.867. The number of anilines is 1. The van der Waals surface area contributed by atoms with Crippen LogP contribution in [0.4, 0.5) is 18.9 Å². The minimum Gasteiger partial charge on any atom is -0.377 e. The van der Waals surface area contributed by atoms with Crippen LogP contribution in [-0.4, -0.2) is 47.4 Å². The number of hydrogen-bond acceptors (Lipinski definition) is 4. The Morgan fingerprint density at radius 1 is 1.25 bits per heavy atom. The van der Waals surface area contributed by atoms with Gasteiger partial charge < -0.3 is 15.0 Å². The lowest BCUT2D eigenvalue weighted by Gasteiger charge is -2.32. The van der Waals surface area contributed by atoms with E-state index in [9.17, 15) is 22.8 Å². The van der Waals surface area contributed by atoms with Crippen LogP contribution in [0.3, 0.4) is 0 Å². The fourth-order valence-electron chi connectivity index (χ4n) is 3.26. The predicted octanol–water partition coefficient (Wildman–Crippen LogP) is 2.25. The summed E-state index contributed by atoms with van der Waals surface area (Å²) in [6.45, 7) is 2.88. The van der Waals surface area contributed by atoms with Crippen molar-refractivity contribution in [3.05, 3.63) is 47.3 Å². The molecule has 0 saturated carbocycles. The molecule has 1 fully saturated rings. The van der Waals surface area contributed by atoms with Gasteiger partial charge in [0.25, 0.3) is 11.8 Å². The largest absolute Gasteiger partial charge is 0.416 e. The second kappa shape index (κ2) is 6.62. The molecule has 2 aliphatic rings. The van der Waals surface area contributed by atoms with Gasteiger partial charge >= 0.3 is 6.18 Å². The molecule has 0 bridgehead atoms. The van der Waals surface area contributed by atoms with Gasteiger partial charge in [-0.05, 0) is 31.2 Å². The molecular weight excluding hydrogens is 377 g/mol. The summed E-state index contributed by atoms with van der Waals surface area (Å²) in [5.41, 5.74) is -0.200. The number of hydrogen-bond donors (Lipinski definition) is 1. The molecule has 28 heavy (non-hydrogen) atoms. The number of fused-ring (bicyclic) bond motifs is 1. The van der Waals surface area contributed by atoms with Crippen LogP contribution in [0.25, 0.3) is 0 Å². The van der Waals surface area contributed by atoms with Gasteiger partial charge in [-0.3, -0.25) is 14.3 Å². The number of rotatable bonds is 3. The molecule has 7 nitrogen and oxygen atoms in total. The van der Waals surface area contributed by atoms with E-state index in [1.54, 1.807) is 0 Å². The third-order valence-electron chi connectivity index (χ3n) is 4.83. The average Bonchev–Trinajstić information content (AvgIpc) is 3.06. The molecule has 2 aromatic rings. The number of carbonyl (C=O) groups excluding carboxylic acids is 2. The number of nitrogens with zero attached hydrogens (tertiary/aromatic N) is 3. The molecule has 148 valence electrons. The molecule has 0 radical (unpaired) electrons. The number of nitrogens with one attached hydrogen (secondary N) is 1. The van der Waals surface area contributed by atoms with Gasteiger partial charge in [0.05, 0.1) is 42.6 Å². The lowest BCUT2D eigenvalue weighted by atomic mass is 10.1. The molecule has 1 saturated heterocycles. The van der Waals surface area contributed by atoms with Crippen molar-refractivity contribution in [2.45, 2.75) is 25.2 Å². The fourth-order valence-corrected chi connectivity index (χ4v) is 3.26. The molecule has 1 aromatic heterocycles. The maximum Gasteiger partial charge on any atom is 0.416 e. The Morgan fingerprint density at radius 3 is 2.50 bits per heavy atom. The number of alkyl halides is 3. The minimum atomic E-state index is -4.45. The Morgan fingerprint density at radius 2 is 1.93 bits per heavy atom. The van der Waals surface area contributed by atoms with Crippen molar-refractivity contribution in [2.24, 2.45) is 0 Å². The van der Waals surface area contributed by atoms with Gasteiger partial charge in [-0.1, -0.05) is 0 Å². The summed E-state index contributed by atoms with van der Waals surface area (Å²) < 4.78 is 44.9. The van der Waals surface area contributed by atoms with Gasteiger partial charge in [-0.15, -0.1) is 0 Å². The summed E-state index contributed by atoms with van der Waals surface area (Å²) in [7, 11) is 0. The van der Waals surface area contributed by atoms with Crippen LogP contribution in [0.5, 0.6) is 0 Å². The van der Waals surface area contributed by atoms with E-state index in [0.29, 0.717) is 18.9 Å². The molecule has 2 aliphatic heterocycles. The summed E-state index contributed by atoms with van der Waals surface area (Å²) in [6.07, 6.45) is -3.11. The molecule has 3 heterocycles. The maximum atomic E-state index is 13.0. The number of aromatic nitrogens is 2. The van der Waals surface area contributed by atoms with E-state index in [0.717, 1.165) is 12.1 Å². The number of halogens is 3. The Bertz CT molecular complexity index is 919. The van der Waals surface area contributed by atoms with E-state index in [2.05, 4.69) is 10.4 Å². The number of amides is 2. The van der Waals surface area contributed by atoms with Gasteiger partial charge in [0.15, 0.2) is 0 Å². The lowest BCUT2D eigenvalue weighted by molar-refractivity contribution is -0.137. The van der Waals surface area contributed by atoms with Crippen molar-refractivity contribution < 1.29 is 27.5 Å². The number of benzene rings is 1. The summed E-state index contributed by atoms with van der Waals surface area (Å²) in [6, 6.07) is 4.02. The number of carbonyl (C=O) groups is 2. The van der Waals surface area contributed by atoms with E-state index in [1.165, 1.54) is 27.9 Å². The first-order valence-electron chi connectivity index (χ1n) is 8.71. The summed E-state index contributed by atoms with van der Waals surface area (Å²) in [5.74, 6) is -0.908. The Labute approximate surface area is 158 Å². The van der Waals surface area contributed by atoms with Crippen LogP contribution < -0.4 is 10.2 Å². The van der Waals surface area contributed by atoms with E-state index < -0.39 is 23.6 Å². The van der Waals surface area contributed by atoms with Crippen molar-refractivity contribution in [1.82, 2.24) is 15.1 Å². The average molecular weight is 394 g/mol. The first-order chi connectivity index (χ1) is 13.3. The second-order valence-electron chi connectivity index (χ2n) is 6.87. The maximum absolute atomic E-state index is 13.0. The van der Waals surface area contributed by atoms with Crippen molar-refractivity contribution in [2.75, 3.05) is 24.7 Å². The normalized spacial score (nSPS) is 19.9. The third kappa shape index (κ3) is 3.13. The van der Waals surface area contributed by atoms with Gasteiger partial charge in [-0.2, -0.15) is 18.3 Å². The molecule has 2 amide bonds. The second-order valence-corrected chi connectivity index (χ2v) is 6.87. The van der Waals surface area contributed by atoms with E-state index in [4.69, 9.17) is 4.74 Å². The van der Waals surface area contributed by atoms with E-state index in [-0.39, 0.29) is 29.9 Å². The van der Waals surface area contributed by atoms with Crippen LogP contribution in [0.1, 0.15) is 39.4 Å². The highest BCUT2D eigenvalue weighted by Gasteiger charge is 2.36. The highest BCUT2D eigenvalue weighted by Crippen LogP contribution is 2.32. The van der Waals surface area contributed by atoms with E-state index in [1.807, 2.05) is 6.92 Å². The van der Waals surface area contributed by atoms with Crippen LogP contribution in [-0.2, 0) is 10.9 Å². The molecule has 1 N–H and O–H groups in total. The number of ether oxygens (including phenoxy) is 1. The monoisotopic (exact) mass is 394 g/mol. The van der Waals surface area contributed by atoms with Crippen LogP contribution >= 0.6 is 0 Å². The van der Waals surface area contributed by atoms with Gasteiger partial charge in [0, 0.05) is 12.2 Å². The van der Waals surface area contributed by atoms with Gasteiger partial charge in [0.1, 0.15) is 5.69 Å². The molecular formula is C18H17F3N4O3. The van der Waals surface area contributed by atoms with Crippen LogP contribution in [0, 0.1) is 0 Å². The summed E-state index contributed by atoms with van der Waals surface area (Å²) in [4.78, 5) is 26.9. The first kappa shape index (κ1) is 18.5. The zero-order chi connectivity index (χ0) is 20.1. The predicted molar refractivity (Wildman–Crippen MR) is 92.1 cm³/mol. The Kier molecular flexibility index (Phi) is 4.37. The third-order valence-corrected chi connectivity index (χ3v) is 4.83. The minimum absolute atomic E-state index is 0.106. The SMILES string of the molecule is CC1CN(c2ccc(C(F)(F)F)cc2)C(=O)c2c(C(=O)NC3COC3)cnn21. The smallest absolute Gasteiger partial charge is 0.377 e. The van der Waals surface area contributed by atoms with Gasteiger partial charge in [-0.25, -0.2) is 0 Å². The fraction of sp³-hybridized carbons (Fsp3) is 0.389. The van der Waals surface area contributed by atoms with Crippen molar-refractivity contribution in [3.63, 3.8) is 0 Å². The van der Waals surface area contributed by atoms with Crippen molar-refractivity contribution in [1.29, 1.82) is 0 Å². The van der Waals surface area contributed by atoms with E-state index >= 15 is 0 Å². The lowest BCUT2D eigenvalue weighted by Crippen LogP contribution is -2.49. The molecule has 10 heteroatoms. The molecule has 0 spiro atoms. The zero-order valence-electron chi connectivity index (χ0n) is 14.9. The first-order valence-corrected chi connectivity index (χ1v) is 8.71. The van der Waals surface area contributed by atoms with Crippen LogP contribution in [0.2, 0.25) is 0 Å². The molecule has 0 aliphatic carbocycles. The van der Waals surface area contributed by atoms with Crippen molar-refractivity contribution in [3.8, 4) is 0 Å². The molecule has 1 unspecified atom stereocenters.